The van der Waals surface area contributed by atoms with Crippen molar-refractivity contribution in [2.45, 2.75) is 45.7 Å². The van der Waals surface area contributed by atoms with Crippen LogP contribution in [0.15, 0.2) is 0 Å². The van der Waals surface area contributed by atoms with Gasteiger partial charge < -0.3 is 15.4 Å². The fourth-order valence-electron chi connectivity index (χ4n) is 0.976. The van der Waals surface area contributed by atoms with E-state index in [4.69, 9.17) is 0 Å². The first-order chi connectivity index (χ1) is 6.99. The molecule has 5 heteroatoms. The van der Waals surface area contributed by atoms with Crippen LogP contribution in [0.3, 0.4) is 0 Å². The molecule has 0 heterocycles. The van der Waals surface area contributed by atoms with Crippen LogP contribution in [0, 0.1) is 0 Å². The smallest absolute Gasteiger partial charge is 0.315 e. The number of carbonyl (C=O) groups excluding carboxylic acids is 2. The lowest BCUT2D eigenvalue weighted by Gasteiger charge is -2.16. The van der Waals surface area contributed by atoms with E-state index in [-0.39, 0.29) is 30.5 Å². The third kappa shape index (κ3) is 6.76. The number of hydrogen-bond acceptors (Lipinski definition) is 3. The number of amides is 2. The Bertz CT molecular complexity index is 219. The van der Waals surface area contributed by atoms with Crippen LogP contribution in [0.4, 0.5) is 4.79 Å². The van der Waals surface area contributed by atoms with Gasteiger partial charge in [0.1, 0.15) is 0 Å². The molecule has 5 nitrogen and oxygen atoms in total. The molecule has 0 saturated heterocycles. The molecule has 0 aliphatic carbocycles. The second-order valence-electron chi connectivity index (χ2n) is 3.61. The normalized spacial score (nSPS) is 13.9. The molecule has 0 aromatic rings. The summed E-state index contributed by atoms with van der Waals surface area (Å²) in [6.07, 6.45) is 1.06. The van der Waals surface area contributed by atoms with Crippen LogP contribution in [-0.4, -0.2) is 31.2 Å². The van der Waals surface area contributed by atoms with Gasteiger partial charge in [-0.3, -0.25) is 4.79 Å². The van der Waals surface area contributed by atoms with Gasteiger partial charge in [0.15, 0.2) is 0 Å². The van der Waals surface area contributed by atoms with Crippen LogP contribution >= 0.6 is 0 Å². The van der Waals surface area contributed by atoms with E-state index >= 15 is 0 Å². The Kier molecular flexibility index (Phi) is 6.49. The van der Waals surface area contributed by atoms with Gasteiger partial charge in [0.2, 0.25) is 0 Å². The van der Waals surface area contributed by atoms with Gasteiger partial charge in [0.25, 0.3) is 0 Å². The Balaban J connectivity index is 3.81. The number of carbonyl (C=O) groups is 2. The van der Waals surface area contributed by atoms with E-state index in [0.29, 0.717) is 0 Å². The summed E-state index contributed by atoms with van der Waals surface area (Å²) >= 11 is 0. The second kappa shape index (κ2) is 7.09. The summed E-state index contributed by atoms with van der Waals surface area (Å²) in [7, 11) is 1.33. The molecule has 0 fully saturated rings. The lowest BCUT2D eigenvalue weighted by atomic mass is 10.2. The number of urea groups is 1. The van der Waals surface area contributed by atoms with Crippen LogP contribution < -0.4 is 10.6 Å². The first-order valence-corrected chi connectivity index (χ1v) is 5.13. The molecule has 0 bridgehead atoms. The molecule has 15 heavy (non-hydrogen) atoms. The fourth-order valence-corrected chi connectivity index (χ4v) is 0.976. The SMILES string of the molecule is CCC(C)NC(=O)NC(C)CC(=O)OC. The fraction of sp³-hybridized carbons (Fsp3) is 0.800. The summed E-state index contributed by atoms with van der Waals surface area (Å²) in [5.74, 6) is -0.327. The zero-order chi connectivity index (χ0) is 11.8. The number of hydrogen-bond donors (Lipinski definition) is 2. The highest BCUT2D eigenvalue weighted by Crippen LogP contribution is 1.93. The summed E-state index contributed by atoms with van der Waals surface area (Å²) in [5, 5.41) is 5.41. The Morgan fingerprint density at radius 1 is 1.20 bits per heavy atom. The van der Waals surface area contributed by atoms with Crippen LogP contribution in [0.1, 0.15) is 33.6 Å². The van der Waals surface area contributed by atoms with Crippen LogP contribution in [0.25, 0.3) is 0 Å². The lowest BCUT2D eigenvalue weighted by Crippen LogP contribution is -2.44. The van der Waals surface area contributed by atoms with Crippen molar-refractivity contribution in [2.75, 3.05) is 7.11 Å². The maximum absolute atomic E-state index is 11.3. The van der Waals surface area contributed by atoms with Gasteiger partial charge in [-0.1, -0.05) is 6.92 Å². The number of rotatable bonds is 5. The Hall–Kier alpha value is -1.26. The van der Waals surface area contributed by atoms with Crippen molar-refractivity contribution in [3.63, 3.8) is 0 Å². The van der Waals surface area contributed by atoms with Crippen molar-refractivity contribution >= 4 is 12.0 Å². The molecule has 2 atom stereocenters. The van der Waals surface area contributed by atoms with E-state index < -0.39 is 0 Å². The highest BCUT2D eigenvalue weighted by Gasteiger charge is 2.12. The zero-order valence-corrected chi connectivity index (χ0v) is 9.79. The molecule has 88 valence electrons. The van der Waals surface area contributed by atoms with Crippen LogP contribution in [0.5, 0.6) is 0 Å². The minimum atomic E-state index is -0.327. The summed E-state index contributed by atoms with van der Waals surface area (Å²) in [5.41, 5.74) is 0. The van der Waals surface area contributed by atoms with Crippen molar-refractivity contribution in [3.05, 3.63) is 0 Å². The molecule has 2 N–H and O–H groups in total. The maximum atomic E-state index is 11.3. The highest BCUT2D eigenvalue weighted by atomic mass is 16.5. The summed E-state index contributed by atoms with van der Waals surface area (Å²) in [6, 6.07) is -0.336. The average Bonchev–Trinajstić information content (AvgIpc) is 2.16. The topological polar surface area (TPSA) is 67.4 Å². The largest absolute Gasteiger partial charge is 0.469 e. The maximum Gasteiger partial charge on any atom is 0.315 e. The third-order valence-corrected chi connectivity index (χ3v) is 2.07. The van der Waals surface area contributed by atoms with E-state index in [1.807, 2.05) is 13.8 Å². The minimum absolute atomic E-state index is 0.135. The van der Waals surface area contributed by atoms with E-state index in [1.165, 1.54) is 7.11 Å². The molecule has 0 radical (unpaired) electrons. The first kappa shape index (κ1) is 13.7. The number of esters is 1. The molecule has 0 aliphatic heterocycles. The Labute approximate surface area is 90.6 Å². The molecule has 0 aromatic carbocycles. The quantitative estimate of drug-likeness (QED) is 0.675. The summed E-state index contributed by atoms with van der Waals surface area (Å²) in [4.78, 5) is 22.2. The molecule has 2 amide bonds. The van der Waals surface area contributed by atoms with Gasteiger partial charge in [-0.05, 0) is 20.3 Å². The molecule has 0 rings (SSSR count). The second-order valence-corrected chi connectivity index (χ2v) is 3.61. The highest BCUT2D eigenvalue weighted by molar-refractivity contribution is 5.76. The Morgan fingerprint density at radius 3 is 2.20 bits per heavy atom. The van der Waals surface area contributed by atoms with Crippen molar-refractivity contribution < 1.29 is 14.3 Å². The molecule has 0 saturated carbocycles. The number of methoxy groups -OCH3 is 1. The molecule has 0 aromatic heterocycles. The van der Waals surface area contributed by atoms with Gasteiger partial charge in [-0.25, -0.2) is 4.79 Å². The molecule has 0 aliphatic rings. The van der Waals surface area contributed by atoms with Crippen LogP contribution in [-0.2, 0) is 9.53 Å². The van der Waals surface area contributed by atoms with E-state index in [0.717, 1.165) is 6.42 Å². The third-order valence-electron chi connectivity index (χ3n) is 2.07. The van der Waals surface area contributed by atoms with Gasteiger partial charge in [0.05, 0.1) is 13.5 Å². The van der Waals surface area contributed by atoms with Crippen molar-refractivity contribution in [1.82, 2.24) is 10.6 Å². The van der Waals surface area contributed by atoms with Crippen molar-refractivity contribution in [3.8, 4) is 0 Å². The van der Waals surface area contributed by atoms with Gasteiger partial charge >= 0.3 is 12.0 Å². The van der Waals surface area contributed by atoms with E-state index in [9.17, 15) is 9.59 Å². The van der Waals surface area contributed by atoms with Crippen molar-refractivity contribution in [1.29, 1.82) is 0 Å². The van der Waals surface area contributed by atoms with Gasteiger partial charge in [-0.15, -0.1) is 0 Å². The van der Waals surface area contributed by atoms with Crippen LogP contribution in [0.2, 0.25) is 0 Å². The zero-order valence-electron chi connectivity index (χ0n) is 9.79. The number of nitrogens with one attached hydrogen (secondary N) is 2. The number of ether oxygens (including phenoxy) is 1. The molecular formula is C10H20N2O3. The van der Waals surface area contributed by atoms with E-state index in [1.54, 1.807) is 6.92 Å². The monoisotopic (exact) mass is 216 g/mol. The molecule has 0 spiro atoms. The van der Waals surface area contributed by atoms with Gasteiger partial charge in [0, 0.05) is 12.1 Å². The summed E-state index contributed by atoms with van der Waals surface area (Å²) in [6.45, 7) is 5.67. The Morgan fingerprint density at radius 2 is 1.73 bits per heavy atom. The van der Waals surface area contributed by atoms with E-state index in [2.05, 4.69) is 15.4 Å². The predicted molar refractivity (Wildman–Crippen MR) is 57.5 cm³/mol. The molecule has 2 unspecified atom stereocenters. The summed E-state index contributed by atoms with van der Waals surface area (Å²) < 4.78 is 4.49. The molecular weight excluding hydrogens is 196 g/mol. The van der Waals surface area contributed by atoms with Crippen molar-refractivity contribution in [2.24, 2.45) is 0 Å². The lowest BCUT2D eigenvalue weighted by molar-refractivity contribution is -0.141. The minimum Gasteiger partial charge on any atom is -0.469 e. The first-order valence-electron chi connectivity index (χ1n) is 5.13. The average molecular weight is 216 g/mol. The standard InChI is InChI=1S/C10H20N2O3/c1-5-7(2)11-10(14)12-8(3)6-9(13)15-4/h7-8H,5-6H2,1-4H3,(H2,11,12,14). The predicted octanol–water partition coefficient (Wildman–Crippen LogP) is 1.04. The van der Waals surface area contributed by atoms with Gasteiger partial charge in [-0.2, -0.15) is 0 Å².